The van der Waals surface area contributed by atoms with Crippen LogP contribution in [0, 0.1) is 16.0 Å². The minimum atomic E-state index is -0.384. The Bertz CT molecular complexity index is 168. The molecule has 1 aliphatic heterocycles. The second-order valence-electron chi connectivity index (χ2n) is 2.39. The Morgan fingerprint density at radius 2 is 2.50 bits per heavy atom. The van der Waals surface area contributed by atoms with E-state index in [0.29, 0.717) is 13.0 Å². The van der Waals surface area contributed by atoms with Gasteiger partial charge in [0.2, 0.25) is 12.5 Å². The molecule has 0 spiro atoms. The summed E-state index contributed by atoms with van der Waals surface area (Å²) in [6.07, 6.45) is 0.307. The van der Waals surface area contributed by atoms with Gasteiger partial charge in [0.15, 0.2) is 0 Å². The topological polar surface area (TPSA) is 72.2 Å². The van der Waals surface area contributed by atoms with Crippen LogP contribution >= 0.6 is 0 Å². The van der Waals surface area contributed by atoms with Gasteiger partial charge in [-0.2, -0.15) is 0 Å². The summed E-state index contributed by atoms with van der Waals surface area (Å²) in [7, 11) is 0. The van der Waals surface area contributed by atoms with E-state index >= 15 is 0 Å². The first-order valence-corrected chi connectivity index (χ1v) is 3.07. The molecular weight excluding hydrogens is 136 g/mol. The van der Waals surface area contributed by atoms with Crippen LogP contribution in [-0.4, -0.2) is 23.9 Å². The Balaban J connectivity index is 2.31. The molecule has 0 bridgehead atoms. The number of hydrogen-bond donors (Lipinski definition) is 1. The molecule has 0 aromatic carbocycles. The molecule has 56 valence electrons. The third-order valence-corrected chi connectivity index (χ3v) is 1.47. The molecule has 0 saturated carbocycles. The summed E-state index contributed by atoms with van der Waals surface area (Å²) in [4.78, 5) is 20.0. The van der Waals surface area contributed by atoms with Crippen LogP contribution in [0.2, 0.25) is 0 Å². The maximum absolute atomic E-state index is 10.5. The van der Waals surface area contributed by atoms with Gasteiger partial charge in [-0.25, -0.2) is 0 Å². The summed E-state index contributed by atoms with van der Waals surface area (Å²) in [6, 6.07) is 0. The van der Waals surface area contributed by atoms with Crippen LogP contribution < -0.4 is 5.32 Å². The van der Waals surface area contributed by atoms with Gasteiger partial charge >= 0.3 is 0 Å². The Morgan fingerprint density at radius 1 is 1.80 bits per heavy atom. The smallest absolute Gasteiger partial charge is 0.220 e. The summed E-state index contributed by atoms with van der Waals surface area (Å²) >= 11 is 0. The van der Waals surface area contributed by atoms with Gasteiger partial charge in [0.25, 0.3) is 0 Å². The third kappa shape index (κ3) is 1.68. The Labute approximate surface area is 57.6 Å². The summed E-state index contributed by atoms with van der Waals surface area (Å²) in [5.74, 6) is -0.172. The lowest BCUT2D eigenvalue weighted by Crippen LogP contribution is -2.17. The second-order valence-corrected chi connectivity index (χ2v) is 2.39. The molecule has 10 heavy (non-hydrogen) atoms. The van der Waals surface area contributed by atoms with E-state index in [9.17, 15) is 14.9 Å². The molecule has 0 aromatic rings. The van der Waals surface area contributed by atoms with Crippen LogP contribution in [0.25, 0.3) is 0 Å². The van der Waals surface area contributed by atoms with E-state index in [2.05, 4.69) is 5.32 Å². The number of rotatable bonds is 2. The predicted octanol–water partition coefficient (Wildman–Crippen LogP) is -0.601. The molecule has 1 saturated heterocycles. The van der Waals surface area contributed by atoms with Gasteiger partial charge in [-0.3, -0.25) is 14.9 Å². The van der Waals surface area contributed by atoms with Crippen LogP contribution in [0.15, 0.2) is 0 Å². The Morgan fingerprint density at radius 3 is 2.90 bits per heavy atom. The van der Waals surface area contributed by atoms with Gasteiger partial charge in [-0.05, 0) is 0 Å². The van der Waals surface area contributed by atoms with Gasteiger partial charge in [0, 0.05) is 23.8 Å². The van der Waals surface area contributed by atoms with Crippen molar-refractivity contribution in [2.45, 2.75) is 6.42 Å². The van der Waals surface area contributed by atoms with Crippen LogP contribution in [0.5, 0.6) is 0 Å². The maximum Gasteiger partial charge on any atom is 0.220 e. The van der Waals surface area contributed by atoms with Crippen LogP contribution in [-0.2, 0) is 4.79 Å². The highest BCUT2D eigenvalue weighted by molar-refractivity contribution is 5.78. The maximum atomic E-state index is 10.5. The number of nitrogens with one attached hydrogen (secondary N) is 1. The number of hydrogen-bond acceptors (Lipinski definition) is 3. The monoisotopic (exact) mass is 144 g/mol. The number of carbonyl (C=O) groups is 1. The quantitative estimate of drug-likeness (QED) is 0.415. The zero-order valence-electron chi connectivity index (χ0n) is 5.37. The van der Waals surface area contributed by atoms with Crippen molar-refractivity contribution in [1.82, 2.24) is 5.32 Å². The van der Waals surface area contributed by atoms with Crippen molar-refractivity contribution in [2.75, 3.05) is 13.1 Å². The van der Waals surface area contributed by atoms with Crippen LogP contribution in [0.4, 0.5) is 0 Å². The minimum Gasteiger partial charge on any atom is -0.356 e. The van der Waals surface area contributed by atoms with Crippen molar-refractivity contribution in [1.29, 1.82) is 0 Å². The molecule has 0 radical (unpaired) electrons. The van der Waals surface area contributed by atoms with E-state index in [1.165, 1.54) is 0 Å². The number of amides is 1. The molecule has 1 aliphatic rings. The average Bonchev–Trinajstić information content (AvgIpc) is 2.13. The summed E-state index contributed by atoms with van der Waals surface area (Å²) in [5.41, 5.74) is 0. The Kier molecular flexibility index (Phi) is 1.84. The lowest BCUT2D eigenvalue weighted by Gasteiger charge is -1.97. The lowest BCUT2D eigenvalue weighted by atomic mass is 10.1. The highest BCUT2D eigenvalue weighted by Crippen LogP contribution is 2.07. The van der Waals surface area contributed by atoms with E-state index in [4.69, 9.17) is 0 Å². The minimum absolute atomic E-state index is 0.0770. The molecule has 0 aliphatic carbocycles. The predicted molar refractivity (Wildman–Crippen MR) is 33.0 cm³/mol. The highest BCUT2D eigenvalue weighted by atomic mass is 16.6. The van der Waals surface area contributed by atoms with Gasteiger partial charge in [-0.1, -0.05) is 0 Å². The zero-order valence-corrected chi connectivity index (χ0v) is 5.37. The molecule has 1 atom stereocenters. The first-order chi connectivity index (χ1) is 4.68. The van der Waals surface area contributed by atoms with Crippen molar-refractivity contribution in [3.8, 4) is 0 Å². The summed E-state index contributed by atoms with van der Waals surface area (Å²) in [5, 5.41) is 12.5. The van der Waals surface area contributed by atoms with Crippen molar-refractivity contribution in [3.63, 3.8) is 0 Å². The van der Waals surface area contributed by atoms with E-state index < -0.39 is 0 Å². The molecule has 1 heterocycles. The third-order valence-electron chi connectivity index (χ3n) is 1.47. The molecular formula is C5H8N2O3. The zero-order chi connectivity index (χ0) is 7.56. The lowest BCUT2D eigenvalue weighted by molar-refractivity contribution is -0.487. The molecule has 1 amide bonds. The molecule has 1 rings (SSSR count). The molecule has 1 unspecified atom stereocenters. The van der Waals surface area contributed by atoms with Gasteiger partial charge < -0.3 is 5.32 Å². The SMILES string of the molecule is O=C1CC(C[N+](=O)[O-])CN1. The number of nitrogens with zero attached hydrogens (tertiary/aromatic N) is 1. The Hall–Kier alpha value is -1.13. The summed E-state index contributed by atoms with van der Waals surface area (Å²) in [6.45, 7) is 0.360. The van der Waals surface area contributed by atoms with Crippen molar-refractivity contribution in [2.24, 2.45) is 5.92 Å². The first kappa shape index (κ1) is 6.98. The second kappa shape index (κ2) is 2.64. The highest BCUT2D eigenvalue weighted by Gasteiger charge is 2.25. The van der Waals surface area contributed by atoms with Crippen molar-refractivity contribution >= 4 is 5.91 Å². The fraction of sp³-hybridized carbons (Fsp3) is 0.800. The van der Waals surface area contributed by atoms with E-state index in [-0.39, 0.29) is 23.3 Å². The summed E-state index contributed by atoms with van der Waals surface area (Å²) < 4.78 is 0. The standard InChI is InChI=1S/C5H8N2O3/c8-5-1-4(2-6-5)3-7(9)10/h4H,1-3H2,(H,6,8). The van der Waals surface area contributed by atoms with Crippen LogP contribution in [0.3, 0.4) is 0 Å². The number of carbonyl (C=O) groups excluding carboxylic acids is 1. The molecule has 5 nitrogen and oxygen atoms in total. The first-order valence-electron chi connectivity index (χ1n) is 3.07. The fourth-order valence-corrected chi connectivity index (χ4v) is 1.00. The van der Waals surface area contributed by atoms with E-state index in [1.54, 1.807) is 0 Å². The van der Waals surface area contributed by atoms with E-state index in [0.717, 1.165) is 0 Å². The largest absolute Gasteiger partial charge is 0.356 e. The molecule has 5 heteroatoms. The van der Waals surface area contributed by atoms with Crippen LogP contribution in [0.1, 0.15) is 6.42 Å². The normalized spacial score (nSPS) is 24.4. The van der Waals surface area contributed by atoms with Gasteiger partial charge in [0.1, 0.15) is 0 Å². The fourth-order valence-electron chi connectivity index (χ4n) is 1.00. The van der Waals surface area contributed by atoms with Crippen molar-refractivity contribution < 1.29 is 9.72 Å². The van der Waals surface area contributed by atoms with E-state index in [1.807, 2.05) is 0 Å². The molecule has 0 aromatic heterocycles. The number of nitro groups is 1. The average molecular weight is 144 g/mol. The molecule has 1 fully saturated rings. The van der Waals surface area contributed by atoms with Crippen molar-refractivity contribution in [3.05, 3.63) is 10.1 Å². The van der Waals surface area contributed by atoms with Gasteiger partial charge in [-0.15, -0.1) is 0 Å². The van der Waals surface area contributed by atoms with Gasteiger partial charge in [0.05, 0.1) is 0 Å². The molecule has 1 N–H and O–H groups in total.